The van der Waals surface area contributed by atoms with Gasteiger partial charge in [-0.3, -0.25) is 9.59 Å². The Morgan fingerprint density at radius 1 is 1.32 bits per heavy atom. The summed E-state index contributed by atoms with van der Waals surface area (Å²) >= 11 is 1.25. The number of thioether (sulfide) groups is 1. The zero-order valence-corrected chi connectivity index (χ0v) is 13.5. The number of aromatic amines is 1. The highest BCUT2D eigenvalue weighted by molar-refractivity contribution is 7.99. The van der Waals surface area contributed by atoms with Crippen LogP contribution in [0.1, 0.15) is 19.0 Å². The lowest BCUT2D eigenvalue weighted by Crippen LogP contribution is -2.28. The molecule has 116 valence electrons. The van der Waals surface area contributed by atoms with Crippen molar-refractivity contribution in [2.75, 3.05) is 17.7 Å². The van der Waals surface area contributed by atoms with Gasteiger partial charge in [0.1, 0.15) is 0 Å². The number of para-hydroxylation sites is 1. The quantitative estimate of drug-likeness (QED) is 0.656. The molecule has 1 heterocycles. The highest BCUT2D eigenvalue weighted by atomic mass is 32.2. The first-order valence-electron chi connectivity index (χ1n) is 7.14. The van der Waals surface area contributed by atoms with E-state index in [2.05, 4.69) is 9.97 Å². The first-order valence-corrected chi connectivity index (χ1v) is 8.13. The van der Waals surface area contributed by atoms with Gasteiger partial charge in [0.25, 0.3) is 5.56 Å². The molecular weight excluding hydrogens is 298 g/mol. The van der Waals surface area contributed by atoms with Crippen molar-refractivity contribution in [1.82, 2.24) is 9.97 Å². The number of nitrogens with one attached hydrogen (secondary N) is 1. The van der Waals surface area contributed by atoms with Crippen LogP contribution in [0.2, 0.25) is 0 Å². The molecule has 0 atom stereocenters. The monoisotopic (exact) mass is 317 g/mol. The molecule has 5 nitrogen and oxygen atoms in total. The van der Waals surface area contributed by atoms with Crippen molar-refractivity contribution in [2.45, 2.75) is 24.9 Å². The molecule has 1 N–H and O–H groups in total. The Labute approximate surface area is 133 Å². The maximum Gasteiger partial charge on any atom is 0.273 e. The van der Waals surface area contributed by atoms with E-state index >= 15 is 0 Å². The van der Waals surface area contributed by atoms with Crippen molar-refractivity contribution < 1.29 is 4.79 Å². The Kier molecular flexibility index (Phi) is 5.77. The molecule has 1 aromatic carbocycles. The van der Waals surface area contributed by atoms with Crippen molar-refractivity contribution in [3.63, 3.8) is 0 Å². The van der Waals surface area contributed by atoms with Gasteiger partial charge >= 0.3 is 0 Å². The lowest BCUT2D eigenvalue weighted by Gasteiger charge is -2.16. The fraction of sp³-hybridized carbons (Fsp3) is 0.312. The SMILES string of the molecule is CCCc1cc(=O)nc(SCC(=O)N(C)c2ccccc2)[nH]1. The molecule has 0 unspecified atom stereocenters. The van der Waals surface area contributed by atoms with Gasteiger partial charge in [0.05, 0.1) is 5.75 Å². The molecule has 0 aliphatic carbocycles. The van der Waals surface area contributed by atoms with Crippen LogP contribution in [0, 0.1) is 0 Å². The molecular formula is C16H19N3O2S. The number of benzene rings is 1. The number of rotatable bonds is 6. The number of carbonyl (C=O) groups excluding carboxylic acids is 1. The Morgan fingerprint density at radius 3 is 2.73 bits per heavy atom. The van der Waals surface area contributed by atoms with Crippen molar-refractivity contribution in [3.8, 4) is 0 Å². The molecule has 1 aromatic heterocycles. The molecule has 1 amide bonds. The molecule has 0 fully saturated rings. The van der Waals surface area contributed by atoms with Crippen molar-refractivity contribution >= 4 is 23.4 Å². The molecule has 0 aliphatic heterocycles. The molecule has 6 heteroatoms. The molecule has 0 bridgehead atoms. The average Bonchev–Trinajstić information content (AvgIpc) is 2.52. The topological polar surface area (TPSA) is 66.1 Å². The second-order valence-electron chi connectivity index (χ2n) is 4.88. The standard InChI is InChI=1S/C16H19N3O2S/c1-3-7-12-10-14(20)18-16(17-12)22-11-15(21)19(2)13-8-5-4-6-9-13/h4-6,8-10H,3,7,11H2,1-2H3,(H,17,18,20). The highest BCUT2D eigenvalue weighted by Gasteiger charge is 2.12. The summed E-state index contributed by atoms with van der Waals surface area (Å²) in [6, 6.07) is 10.9. The van der Waals surface area contributed by atoms with Crippen LogP contribution < -0.4 is 10.5 Å². The van der Waals surface area contributed by atoms with Crippen molar-refractivity contribution in [1.29, 1.82) is 0 Å². The summed E-state index contributed by atoms with van der Waals surface area (Å²) in [5.74, 6) is 0.184. The normalized spacial score (nSPS) is 10.5. The van der Waals surface area contributed by atoms with Gasteiger partial charge in [0.15, 0.2) is 5.16 Å². The maximum absolute atomic E-state index is 12.2. The number of amides is 1. The molecule has 2 rings (SSSR count). The van der Waals surface area contributed by atoms with Crippen LogP contribution in [0.25, 0.3) is 0 Å². The third-order valence-corrected chi connectivity index (χ3v) is 4.00. The number of carbonyl (C=O) groups is 1. The van der Waals surface area contributed by atoms with E-state index in [0.29, 0.717) is 5.16 Å². The molecule has 0 radical (unpaired) electrons. The smallest absolute Gasteiger partial charge is 0.273 e. The zero-order valence-electron chi connectivity index (χ0n) is 12.7. The summed E-state index contributed by atoms with van der Waals surface area (Å²) in [5, 5.41) is 0.491. The largest absolute Gasteiger partial charge is 0.338 e. The Hall–Kier alpha value is -2.08. The lowest BCUT2D eigenvalue weighted by atomic mass is 10.2. The number of anilines is 1. The molecule has 22 heavy (non-hydrogen) atoms. The van der Waals surface area contributed by atoms with E-state index in [1.165, 1.54) is 17.8 Å². The third kappa shape index (κ3) is 4.46. The number of hydrogen-bond donors (Lipinski definition) is 1. The number of aromatic nitrogens is 2. The summed E-state index contributed by atoms with van der Waals surface area (Å²) in [7, 11) is 1.74. The minimum atomic E-state index is -0.270. The number of aryl methyl sites for hydroxylation is 1. The van der Waals surface area contributed by atoms with Gasteiger partial charge in [-0.25, -0.2) is 0 Å². The fourth-order valence-corrected chi connectivity index (χ4v) is 2.79. The number of H-pyrrole nitrogens is 1. The van der Waals surface area contributed by atoms with Crippen LogP contribution in [0.5, 0.6) is 0 Å². The summed E-state index contributed by atoms with van der Waals surface area (Å²) in [6.45, 7) is 2.05. The van der Waals surface area contributed by atoms with Gasteiger partial charge in [-0.1, -0.05) is 43.3 Å². The second kappa shape index (κ2) is 7.79. The van der Waals surface area contributed by atoms with Crippen LogP contribution in [0.3, 0.4) is 0 Å². The average molecular weight is 317 g/mol. The minimum Gasteiger partial charge on any atom is -0.338 e. The Bertz CT molecular complexity index is 685. The minimum absolute atomic E-state index is 0.0419. The summed E-state index contributed by atoms with van der Waals surface area (Å²) in [4.78, 5) is 32.3. The van der Waals surface area contributed by atoms with E-state index in [9.17, 15) is 9.59 Å². The van der Waals surface area contributed by atoms with Crippen LogP contribution in [0.4, 0.5) is 5.69 Å². The summed E-state index contributed by atoms with van der Waals surface area (Å²) < 4.78 is 0. The van der Waals surface area contributed by atoms with E-state index in [4.69, 9.17) is 0 Å². The van der Waals surface area contributed by atoms with E-state index in [1.807, 2.05) is 37.3 Å². The first-order chi connectivity index (χ1) is 10.6. The van der Waals surface area contributed by atoms with Gasteiger partial charge in [-0.05, 0) is 18.6 Å². The first kappa shape index (κ1) is 16.3. The zero-order chi connectivity index (χ0) is 15.9. The van der Waals surface area contributed by atoms with E-state index < -0.39 is 0 Å². The fourth-order valence-electron chi connectivity index (χ4n) is 1.98. The van der Waals surface area contributed by atoms with Gasteiger partial charge in [-0.2, -0.15) is 4.98 Å². The van der Waals surface area contributed by atoms with E-state index in [-0.39, 0.29) is 17.2 Å². The maximum atomic E-state index is 12.2. The van der Waals surface area contributed by atoms with Gasteiger partial charge < -0.3 is 9.88 Å². The number of hydrogen-bond acceptors (Lipinski definition) is 4. The molecule has 0 saturated heterocycles. The van der Waals surface area contributed by atoms with Gasteiger partial charge in [0, 0.05) is 24.5 Å². The number of nitrogens with zero attached hydrogens (tertiary/aromatic N) is 2. The van der Waals surface area contributed by atoms with Gasteiger partial charge in [-0.15, -0.1) is 0 Å². The van der Waals surface area contributed by atoms with E-state index in [0.717, 1.165) is 24.2 Å². The van der Waals surface area contributed by atoms with Crippen LogP contribution in [-0.2, 0) is 11.2 Å². The Morgan fingerprint density at radius 2 is 2.05 bits per heavy atom. The summed E-state index contributed by atoms with van der Waals surface area (Å²) in [6.07, 6.45) is 1.74. The van der Waals surface area contributed by atoms with Crippen LogP contribution in [0.15, 0.2) is 46.3 Å². The van der Waals surface area contributed by atoms with Crippen molar-refractivity contribution in [2.24, 2.45) is 0 Å². The third-order valence-electron chi connectivity index (χ3n) is 3.15. The molecule has 0 spiro atoms. The molecule has 0 aliphatic rings. The Balaban J connectivity index is 2.00. The molecule has 2 aromatic rings. The van der Waals surface area contributed by atoms with Gasteiger partial charge in [0.2, 0.25) is 5.91 Å². The predicted molar refractivity (Wildman–Crippen MR) is 89.4 cm³/mol. The van der Waals surface area contributed by atoms with E-state index in [1.54, 1.807) is 11.9 Å². The second-order valence-corrected chi connectivity index (χ2v) is 5.84. The lowest BCUT2D eigenvalue weighted by molar-refractivity contribution is -0.115. The predicted octanol–water partition coefficient (Wildman–Crippen LogP) is 2.48. The molecule has 0 saturated carbocycles. The van der Waals surface area contributed by atoms with Crippen LogP contribution in [-0.4, -0.2) is 28.7 Å². The van der Waals surface area contributed by atoms with Crippen LogP contribution >= 0.6 is 11.8 Å². The summed E-state index contributed by atoms with van der Waals surface area (Å²) in [5.41, 5.74) is 1.43. The van der Waals surface area contributed by atoms with Crippen molar-refractivity contribution in [3.05, 3.63) is 52.4 Å². The highest BCUT2D eigenvalue weighted by Crippen LogP contribution is 2.16.